The molecule has 0 heterocycles. The average molecular weight is 761 g/mol. The lowest BCUT2D eigenvalue weighted by atomic mass is 10.0. The molecule has 0 saturated carbocycles. The SMILES string of the molecule is CCCCCCCCCCCCCCCCCCCCCCOC[C@H](COP(=O)(O)O)OC(=O)CCCCCCCCCCCCCCCCCC. The number of phosphoric ester groups is 1. The molecule has 7 nitrogen and oxygen atoms in total. The van der Waals surface area contributed by atoms with Crippen molar-refractivity contribution in [1.29, 1.82) is 0 Å². The molecule has 0 aliphatic carbocycles. The predicted molar refractivity (Wildman–Crippen MR) is 221 cm³/mol. The van der Waals surface area contributed by atoms with E-state index < -0.39 is 13.9 Å². The van der Waals surface area contributed by atoms with Crippen LogP contribution in [0.15, 0.2) is 0 Å². The first-order chi connectivity index (χ1) is 25.4. The van der Waals surface area contributed by atoms with Gasteiger partial charge in [0.05, 0.1) is 13.2 Å². The van der Waals surface area contributed by atoms with Gasteiger partial charge in [-0.05, 0) is 12.8 Å². The van der Waals surface area contributed by atoms with Gasteiger partial charge in [0, 0.05) is 13.0 Å². The summed E-state index contributed by atoms with van der Waals surface area (Å²) in [4.78, 5) is 30.7. The number of hydrogen-bond donors (Lipinski definition) is 2. The van der Waals surface area contributed by atoms with Crippen LogP contribution in [0.3, 0.4) is 0 Å². The summed E-state index contributed by atoms with van der Waals surface area (Å²) in [6.45, 7) is 4.82. The van der Waals surface area contributed by atoms with Crippen molar-refractivity contribution in [1.82, 2.24) is 0 Å². The van der Waals surface area contributed by atoms with Gasteiger partial charge < -0.3 is 19.3 Å². The molecule has 0 aromatic heterocycles. The van der Waals surface area contributed by atoms with Crippen molar-refractivity contribution in [3.8, 4) is 0 Å². The molecule has 0 fully saturated rings. The number of rotatable bonds is 44. The second-order valence-electron chi connectivity index (χ2n) is 15.7. The molecule has 0 aliphatic heterocycles. The molecule has 52 heavy (non-hydrogen) atoms. The predicted octanol–water partition coefficient (Wildman–Crippen LogP) is 14.5. The van der Waals surface area contributed by atoms with Gasteiger partial charge in [-0.3, -0.25) is 9.32 Å². The van der Waals surface area contributed by atoms with Crippen LogP contribution in [-0.2, 0) is 23.4 Å². The third-order valence-electron chi connectivity index (χ3n) is 10.4. The normalized spacial score (nSPS) is 12.5. The molecule has 0 aliphatic rings. The van der Waals surface area contributed by atoms with Gasteiger partial charge in [0.2, 0.25) is 0 Å². The van der Waals surface area contributed by atoms with Crippen LogP contribution in [-0.4, -0.2) is 41.7 Å². The Morgan fingerprint density at radius 3 is 1.04 bits per heavy atom. The van der Waals surface area contributed by atoms with E-state index in [9.17, 15) is 9.36 Å². The van der Waals surface area contributed by atoms with Gasteiger partial charge in [0.15, 0.2) is 0 Å². The zero-order valence-electron chi connectivity index (χ0n) is 34.7. The molecule has 0 amide bonds. The summed E-state index contributed by atoms with van der Waals surface area (Å²) in [5.74, 6) is -0.355. The Labute approximate surface area is 323 Å². The van der Waals surface area contributed by atoms with Crippen LogP contribution in [0, 0.1) is 0 Å². The van der Waals surface area contributed by atoms with Crippen molar-refractivity contribution in [2.45, 2.75) is 258 Å². The lowest BCUT2D eigenvalue weighted by Crippen LogP contribution is -2.28. The molecular formula is C44H89O7P. The van der Waals surface area contributed by atoms with E-state index >= 15 is 0 Å². The summed E-state index contributed by atoms with van der Waals surface area (Å²) in [5.41, 5.74) is 0. The Balaban J connectivity index is 3.69. The molecule has 0 radical (unpaired) electrons. The molecule has 0 bridgehead atoms. The third-order valence-corrected chi connectivity index (χ3v) is 10.9. The maximum Gasteiger partial charge on any atom is 0.469 e. The Hall–Kier alpha value is -0.460. The van der Waals surface area contributed by atoms with E-state index in [0.717, 1.165) is 32.1 Å². The Bertz CT molecular complexity index is 759. The fraction of sp³-hybridized carbons (Fsp3) is 0.977. The Morgan fingerprint density at radius 1 is 0.442 bits per heavy atom. The van der Waals surface area contributed by atoms with E-state index in [1.807, 2.05) is 0 Å². The second kappa shape index (κ2) is 41.7. The van der Waals surface area contributed by atoms with Crippen LogP contribution >= 0.6 is 7.82 Å². The van der Waals surface area contributed by atoms with E-state index in [1.54, 1.807) is 0 Å². The summed E-state index contributed by atoms with van der Waals surface area (Å²) in [6.07, 6.45) is 46.8. The van der Waals surface area contributed by atoms with Gasteiger partial charge in [-0.1, -0.05) is 232 Å². The molecule has 1 atom stereocenters. The summed E-state index contributed by atoms with van der Waals surface area (Å²) in [5, 5.41) is 0. The highest BCUT2D eigenvalue weighted by Crippen LogP contribution is 2.36. The Kier molecular flexibility index (Phi) is 41.3. The summed E-state index contributed by atoms with van der Waals surface area (Å²) >= 11 is 0. The van der Waals surface area contributed by atoms with E-state index in [1.165, 1.54) is 199 Å². The maximum atomic E-state index is 12.4. The van der Waals surface area contributed by atoms with Gasteiger partial charge in [0.1, 0.15) is 6.10 Å². The first-order valence-electron chi connectivity index (χ1n) is 22.9. The quantitative estimate of drug-likeness (QED) is 0.0362. The molecule has 0 aromatic rings. The fourth-order valence-corrected chi connectivity index (χ4v) is 7.39. The third kappa shape index (κ3) is 43.9. The van der Waals surface area contributed by atoms with Crippen LogP contribution < -0.4 is 0 Å². The highest BCUT2D eigenvalue weighted by atomic mass is 31.2. The standard InChI is InChI=1S/C44H89O7P/c1-3-5-7-9-11-13-15-17-19-21-22-23-24-26-28-30-32-34-36-38-40-49-41-43(42-50-52(46,47)48)51-44(45)39-37-35-33-31-29-27-25-20-18-16-14-12-10-8-6-4-2/h43H,3-42H2,1-2H3,(H2,46,47,48)/t43-/m1/s1. The molecule has 0 aromatic carbocycles. The van der Waals surface area contributed by atoms with E-state index in [0.29, 0.717) is 13.0 Å². The first-order valence-corrected chi connectivity index (χ1v) is 24.4. The highest BCUT2D eigenvalue weighted by molar-refractivity contribution is 7.46. The number of phosphoric acid groups is 1. The number of hydrogen-bond acceptors (Lipinski definition) is 5. The van der Waals surface area contributed by atoms with Crippen molar-refractivity contribution in [3.05, 3.63) is 0 Å². The molecule has 312 valence electrons. The van der Waals surface area contributed by atoms with Crippen LogP contribution in [0.25, 0.3) is 0 Å². The van der Waals surface area contributed by atoms with Crippen molar-refractivity contribution in [2.24, 2.45) is 0 Å². The molecule has 0 unspecified atom stereocenters. The fourth-order valence-electron chi connectivity index (χ4n) is 7.03. The zero-order chi connectivity index (χ0) is 38.1. The molecule has 2 N–H and O–H groups in total. The lowest BCUT2D eigenvalue weighted by molar-refractivity contribution is -0.154. The zero-order valence-corrected chi connectivity index (χ0v) is 35.6. The Morgan fingerprint density at radius 2 is 0.731 bits per heavy atom. The minimum Gasteiger partial charge on any atom is -0.457 e. The second-order valence-corrected chi connectivity index (χ2v) is 17.0. The van der Waals surface area contributed by atoms with Crippen molar-refractivity contribution in [2.75, 3.05) is 19.8 Å². The van der Waals surface area contributed by atoms with E-state index in [2.05, 4.69) is 18.4 Å². The average Bonchev–Trinajstić information content (AvgIpc) is 3.12. The largest absolute Gasteiger partial charge is 0.469 e. The van der Waals surface area contributed by atoms with Crippen molar-refractivity contribution in [3.63, 3.8) is 0 Å². The molecule has 8 heteroatoms. The van der Waals surface area contributed by atoms with Gasteiger partial charge in [-0.25, -0.2) is 4.57 Å². The van der Waals surface area contributed by atoms with Gasteiger partial charge in [-0.15, -0.1) is 0 Å². The molecule has 0 saturated heterocycles. The van der Waals surface area contributed by atoms with E-state index in [4.69, 9.17) is 19.3 Å². The van der Waals surface area contributed by atoms with Crippen LogP contribution in [0.2, 0.25) is 0 Å². The van der Waals surface area contributed by atoms with Gasteiger partial charge >= 0.3 is 13.8 Å². The van der Waals surface area contributed by atoms with E-state index in [-0.39, 0.29) is 19.2 Å². The monoisotopic (exact) mass is 761 g/mol. The number of unbranched alkanes of at least 4 members (excludes halogenated alkanes) is 34. The summed E-state index contributed by atoms with van der Waals surface area (Å²) < 4.78 is 27.1. The van der Waals surface area contributed by atoms with Crippen LogP contribution in [0.4, 0.5) is 0 Å². The van der Waals surface area contributed by atoms with Crippen LogP contribution in [0.5, 0.6) is 0 Å². The maximum absolute atomic E-state index is 12.4. The van der Waals surface area contributed by atoms with Crippen molar-refractivity contribution >= 4 is 13.8 Å². The topological polar surface area (TPSA) is 102 Å². The number of esters is 1. The smallest absolute Gasteiger partial charge is 0.457 e. The molecular weight excluding hydrogens is 671 g/mol. The van der Waals surface area contributed by atoms with Crippen LogP contribution in [0.1, 0.15) is 251 Å². The van der Waals surface area contributed by atoms with Gasteiger partial charge in [0.25, 0.3) is 0 Å². The highest BCUT2D eigenvalue weighted by Gasteiger charge is 2.21. The van der Waals surface area contributed by atoms with Crippen molar-refractivity contribution < 1.29 is 33.1 Å². The first kappa shape index (κ1) is 51.5. The number of ether oxygens (including phenoxy) is 2. The lowest BCUT2D eigenvalue weighted by Gasteiger charge is -2.18. The minimum absolute atomic E-state index is 0.0871. The number of carbonyl (C=O) groups is 1. The summed E-state index contributed by atoms with van der Waals surface area (Å²) in [6, 6.07) is 0. The summed E-state index contributed by atoms with van der Waals surface area (Å²) in [7, 11) is -4.65. The minimum atomic E-state index is -4.65. The molecule has 0 rings (SSSR count). The molecule has 0 spiro atoms. The number of carbonyl (C=O) groups excluding carboxylic acids is 1. The van der Waals surface area contributed by atoms with Gasteiger partial charge in [-0.2, -0.15) is 0 Å².